The molecule has 1 unspecified atom stereocenters. The Labute approximate surface area is 134 Å². The summed E-state index contributed by atoms with van der Waals surface area (Å²) in [6.07, 6.45) is 2.85. The fourth-order valence-corrected chi connectivity index (χ4v) is 3.29. The molecule has 1 amide bonds. The molecule has 1 aromatic heterocycles. The Morgan fingerprint density at radius 3 is 2.73 bits per heavy atom. The molecule has 1 aliphatic heterocycles. The lowest BCUT2D eigenvalue weighted by Gasteiger charge is -2.11. The average molecular weight is 314 g/mol. The van der Waals surface area contributed by atoms with Crippen LogP contribution >= 0.6 is 11.8 Å². The molecule has 1 aliphatic rings. The molecule has 2 heterocycles. The molecule has 114 valence electrons. The number of aryl methyl sites for hydroxylation is 1. The van der Waals surface area contributed by atoms with Crippen LogP contribution in [0.15, 0.2) is 42.6 Å². The summed E-state index contributed by atoms with van der Waals surface area (Å²) < 4.78 is 5.78. The molecule has 1 atom stereocenters. The number of benzene rings is 1. The molecule has 1 fully saturated rings. The van der Waals surface area contributed by atoms with Gasteiger partial charge < -0.3 is 10.1 Å². The van der Waals surface area contributed by atoms with E-state index in [0.29, 0.717) is 11.4 Å². The van der Waals surface area contributed by atoms with Crippen LogP contribution in [0.4, 0.5) is 5.69 Å². The number of carbonyl (C=O) groups is 1. The minimum absolute atomic E-state index is 0.167. The lowest BCUT2D eigenvalue weighted by atomic mass is 10.2. The minimum atomic E-state index is -0.167. The quantitative estimate of drug-likeness (QED) is 0.938. The van der Waals surface area contributed by atoms with Crippen molar-refractivity contribution in [2.75, 3.05) is 16.8 Å². The molecule has 22 heavy (non-hydrogen) atoms. The molecule has 0 bridgehead atoms. The van der Waals surface area contributed by atoms with Gasteiger partial charge in [0.25, 0.3) is 5.91 Å². The van der Waals surface area contributed by atoms with Gasteiger partial charge in [0, 0.05) is 23.7 Å². The van der Waals surface area contributed by atoms with Gasteiger partial charge >= 0.3 is 0 Å². The van der Waals surface area contributed by atoms with Crippen LogP contribution in [-0.4, -0.2) is 28.5 Å². The minimum Gasteiger partial charge on any atom is -0.473 e. The van der Waals surface area contributed by atoms with E-state index in [2.05, 4.69) is 10.3 Å². The highest BCUT2D eigenvalue weighted by Gasteiger charge is 2.17. The standard InChI is InChI=1S/C17H18N2O2S/c1-12-2-5-14(6-3-12)19-17(20)13-4-7-16(18-10-13)21-15-8-9-22-11-15/h2-7,10,15H,8-9,11H2,1H3,(H,19,20). The Kier molecular flexibility index (Phi) is 4.63. The Hall–Kier alpha value is -2.01. The summed E-state index contributed by atoms with van der Waals surface area (Å²) >= 11 is 1.89. The van der Waals surface area contributed by atoms with Crippen molar-refractivity contribution < 1.29 is 9.53 Å². The molecular weight excluding hydrogens is 296 g/mol. The number of nitrogens with zero attached hydrogens (tertiary/aromatic N) is 1. The summed E-state index contributed by atoms with van der Waals surface area (Å²) in [6, 6.07) is 11.2. The van der Waals surface area contributed by atoms with Crippen LogP contribution in [0, 0.1) is 6.92 Å². The van der Waals surface area contributed by atoms with Crippen LogP contribution in [0.2, 0.25) is 0 Å². The Morgan fingerprint density at radius 1 is 1.27 bits per heavy atom. The van der Waals surface area contributed by atoms with Crippen molar-refractivity contribution in [3.05, 3.63) is 53.7 Å². The van der Waals surface area contributed by atoms with Crippen molar-refractivity contribution in [2.45, 2.75) is 19.4 Å². The predicted octanol–water partition coefficient (Wildman–Crippen LogP) is 3.53. The molecule has 0 saturated carbocycles. The number of pyridine rings is 1. The van der Waals surface area contributed by atoms with Crippen LogP contribution in [0.5, 0.6) is 5.88 Å². The first kappa shape index (κ1) is 14.9. The maximum absolute atomic E-state index is 12.2. The number of amides is 1. The van der Waals surface area contributed by atoms with E-state index >= 15 is 0 Å². The van der Waals surface area contributed by atoms with E-state index in [1.54, 1.807) is 18.3 Å². The molecule has 0 radical (unpaired) electrons. The summed E-state index contributed by atoms with van der Waals surface area (Å²) in [5.41, 5.74) is 2.46. The molecule has 3 rings (SSSR count). The van der Waals surface area contributed by atoms with Gasteiger partial charge in [-0.3, -0.25) is 4.79 Å². The van der Waals surface area contributed by atoms with Crippen molar-refractivity contribution in [2.24, 2.45) is 0 Å². The van der Waals surface area contributed by atoms with Gasteiger partial charge in [-0.25, -0.2) is 4.98 Å². The number of nitrogens with one attached hydrogen (secondary N) is 1. The third-order valence-corrected chi connectivity index (χ3v) is 4.62. The van der Waals surface area contributed by atoms with Crippen molar-refractivity contribution in [3.63, 3.8) is 0 Å². The van der Waals surface area contributed by atoms with Crippen LogP contribution < -0.4 is 10.1 Å². The highest BCUT2D eigenvalue weighted by molar-refractivity contribution is 7.99. The van der Waals surface area contributed by atoms with E-state index in [0.717, 1.165) is 29.2 Å². The lowest BCUT2D eigenvalue weighted by Crippen LogP contribution is -2.16. The molecular formula is C17H18N2O2S. The maximum Gasteiger partial charge on any atom is 0.257 e. The summed E-state index contributed by atoms with van der Waals surface area (Å²) in [6.45, 7) is 2.01. The Bertz CT molecular complexity index is 635. The second-order valence-electron chi connectivity index (χ2n) is 5.31. The second kappa shape index (κ2) is 6.83. The van der Waals surface area contributed by atoms with E-state index in [-0.39, 0.29) is 12.0 Å². The SMILES string of the molecule is Cc1ccc(NC(=O)c2ccc(OC3CCSC3)nc2)cc1. The Balaban J connectivity index is 1.61. The molecule has 4 nitrogen and oxygen atoms in total. The summed E-state index contributed by atoms with van der Waals surface area (Å²) in [4.78, 5) is 16.4. The number of aromatic nitrogens is 1. The first-order chi connectivity index (χ1) is 10.7. The van der Waals surface area contributed by atoms with E-state index in [9.17, 15) is 4.79 Å². The average Bonchev–Trinajstić information content (AvgIpc) is 3.03. The highest BCUT2D eigenvalue weighted by Crippen LogP contribution is 2.22. The maximum atomic E-state index is 12.2. The van der Waals surface area contributed by atoms with E-state index in [4.69, 9.17) is 4.74 Å². The molecule has 2 aromatic rings. The largest absolute Gasteiger partial charge is 0.473 e. The molecule has 0 spiro atoms. The number of anilines is 1. The summed E-state index contributed by atoms with van der Waals surface area (Å²) in [7, 11) is 0. The molecule has 5 heteroatoms. The zero-order valence-corrected chi connectivity index (χ0v) is 13.2. The normalized spacial score (nSPS) is 17.2. The van der Waals surface area contributed by atoms with Gasteiger partial charge in [-0.05, 0) is 37.3 Å². The van der Waals surface area contributed by atoms with Crippen LogP contribution in [0.25, 0.3) is 0 Å². The van der Waals surface area contributed by atoms with Gasteiger partial charge in [0.15, 0.2) is 0 Å². The fourth-order valence-electron chi connectivity index (χ4n) is 2.20. The van der Waals surface area contributed by atoms with Gasteiger partial charge in [-0.1, -0.05) is 17.7 Å². The van der Waals surface area contributed by atoms with Gasteiger partial charge in [-0.2, -0.15) is 11.8 Å². The first-order valence-corrected chi connectivity index (χ1v) is 8.45. The first-order valence-electron chi connectivity index (χ1n) is 7.29. The summed E-state index contributed by atoms with van der Waals surface area (Å²) in [5, 5.41) is 2.85. The number of hydrogen-bond acceptors (Lipinski definition) is 4. The van der Waals surface area contributed by atoms with Crippen LogP contribution in [0.3, 0.4) is 0 Å². The van der Waals surface area contributed by atoms with E-state index < -0.39 is 0 Å². The second-order valence-corrected chi connectivity index (χ2v) is 6.46. The number of carbonyl (C=O) groups excluding carboxylic acids is 1. The van der Waals surface area contributed by atoms with Crippen molar-refractivity contribution in [1.82, 2.24) is 4.98 Å². The predicted molar refractivity (Wildman–Crippen MR) is 89.7 cm³/mol. The van der Waals surface area contributed by atoms with Crippen molar-refractivity contribution >= 4 is 23.4 Å². The van der Waals surface area contributed by atoms with E-state index in [1.807, 2.05) is 43.0 Å². The molecule has 0 aliphatic carbocycles. The zero-order valence-electron chi connectivity index (χ0n) is 12.4. The molecule has 1 saturated heterocycles. The number of thioether (sulfide) groups is 1. The third-order valence-electron chi connectivity index (χ3n) is 3.48. The van der Waals surface area contributed by atoms with Gasteiger partial charge in [0.1, 0.15) is 6.10 Å². The third kappa shape index (κ3) is 3.80. The van der Waals surface area contributed by atoms with E-state index in [1.165, 1.54) is 0 Å². The molecule has 1 N–H and O–H groups in total. The highest BCUT2D eigenvalue weighted by atomic mass is 32.2. The summed E-state index contributed by atoms with van der Waals surface area (Å²) in [5.74, 6) is 2.57. The van der Waals surface area contributed by atoms with Gasteiger partial charge in [0.05, 0.1) is 5.56 Å². The van der Waals surface area contributed by atoms with Crippen LogP contribution in [-0.2, 0) is 0 Å². The van der Waals surface area contributed by atoms with Crippen LogP contribution in [0.1, 0.15) is 22.3 Å². The van der Waals surface area contributed by atoms with Gasteiger partial charge in [-0.15, -0.1) is 0 Å². The Morgan fingerprint density at radius 2 is 2.09 bits per heavy atom. The topological polar surface area (TPSA) is 51.2 Å². The van der Waals surface area contributed by atoms with Gasteiger partial charge in [0.2, 0.25) is 5.88 Å². The molecule has 1 aromatic carbocycles. The zero-order chi connectivity index (χ0) is 15.4. The smallest absolute Gasteiger partial charge is 0.257 e. The number of hydrogen-bond donors (Lipinski definition) is 1. The number of rotatable bonds is 4. The van der Waals surface area contributed by atoms with Crippen molar-refractivity contribution in [1.29, 1.82) is 0 Å². The van der Waals surface area contributed by atoms with Crippen molar-refractivity contribution in [3.8, 4) is 5.88 Å². The fraction of sp³-hybridized carbons (Fsp3) is 0.294. The lowest BCUT2D eigenvalue weighted by molar-refractivity contribution is 0.102. The monoisotopic (exact) mass is 314 g/mol. The number of ether oxygens (including phenoxy) is 1.